The van der Waals surface area contributed by atoms with E-state index >= 15 is 0 Å². The number of carbonyl (C=O) groups is 1. The van der Waals surface area contributed by atoms with E-state index in [4.69, 9.17) is 0 Å². The number of carbonyl (C=O) groups excluding carboxylic acids is 1. The number of amides is 1. The summed E-state index contributed by atoms with van der Waals surface area (Å²) in [6.07, 6.45) is -2.34. The average Bonchev–Trinajstić information content (AvgIpc) is 2.83. The fraction of sp³-hybridized carbons (Fsp3) is 0.167. The normalized spacial score (nSPS) is 11.5. The molecule has 1 amide bonds. The lowest BCUT2D eigenvalue weighted by atomic mass is 10.2. The van der Waals surface area contributed by atoms with Crippen LogP contribution in [0, 0.1) is 0 Å². The number of pyridine rings is 1. The number of fused-ring (bicyclic) bond motifs is 1. The maximum absolute atomic E-state index is 13.3. The first kappa shape index (κ1) is 23.5. The Bertz CT molecular complexity index is 1370. The van der Waals surface area contributed by atoms with Gasteiger partial charge in [-0.3, -0.25) is 19.1 Å². The molecule has 4 rings (SSSR count). The Hall–Kier alpha value is -3.66. The molecule has 0 unspecified atom stereocenters. The second-order valence-electron chi connectivity index (χ2n) is 7.31. The predicted octanol–water partition coefficient (Wildman–Crippen LogP) is 4.25. The minimum absolute atomic E-state index is 0.0242. The van der Waals surface area contributed by atoms with Gasteiger partial charge in [0.05, 0.1) is 27.9 Å². The number of halogens is 3. The summed E-state index contributed by atoms with van der Waals surface area (Å²) in [5.74, 6) is -0.356. The second kappa shape index (κ2) is 10.1. The van der Waals surface area contributed by atoms with Crippen LogP contribution in [0.4, 0.5) is 13.2 Å². The number of nitrogens with zero attached hydrogens (tertiary/aromatic N) is 3. The third-order valence-electron chi connectivity index (χ3n) is 4.94. The SMILES string of the molecule is O=C(CSc1nc2ccccc2c(=O)n1-c1cccc(C(F)(F)F)c1)NCCc1ccccn1. The largest absolute Gasteiger partial charge is 0.416 e. The Kier molecular flexibility index (Phi) is 6.97. The van der Waals surface area contributed by atoms with Crippen LogP contribution in [0.5, 0.6) is 0 Å². The Morgan fingerprint density at radius 1 is 1.03 bits per heavy atom. The molecule has 10 heteroatoms. The van der Waals surface area contributed by atoms with Crippen molar-refractivity contribution < 1.29 is 18.0 Å². The summed E-state index contributed by atoms with van der Waals surface area (Å²) in [5, 5.41) is 3.17. The van der Waals surface area contributed by atoms with Crippen molar-refractivity contribution in [3.05, 3.63) is 94.5 Å². The first-order valence-corrected chi connectivity index (χ1v) is 11.3. The van der Waals surface area contributed by atoms with Crippen LogP contribution in [-0.4, -0.2) is 32.7 Å². The molecular weight excluding hydrogens is 465 g/mol. The number of thioether (sulfide) groups is 1. The molecule has 1 N–H and O–H groups in total. The van der Waals surface area contributed by atoms with Crippen molar-refractivity contribution in [2.45, 2.75) is 17.8 Å². The smallest absolute Gasteiger partial charge is 0.355 e. The maximum atomic E-state index is 13.3. The van der Waals surface area contributed by atoms with Crippen LogP contribution in [0.2, 0.25) is 0 Å². The Morgan fingerprint density at radius 2 is 1.82 bits per heavy atom. The summed E-state index contributed by atoms with van der Waals surface area (Å²) in [4.78, 5) is 34.2. The third-order valence-corrected chi connectivity index (χ3v) is 5.88. The zero-order chi connectivity index (χ0) is 24.1. The van der Waals surface area contributed by atoms with Crippen molar-refractivity contribution >= 4 is 28.6 Å². The summed E-state index contributed by atoms with van der Waals surface area (Å²) in [6.45, 7) is 0.377. The molecule has 0 aliphatic rings. The van der Waals surface area contributed by atoms with Gasteiger partial charge in [-0.2, -0.15) is 13.2 Å². The molecule has 0 saturated heterocycles. The standard InChI is InChI=1S/C24H19F3N4O2S/c25-24(26,27)16-6-5-8-18(14-16)31-22(33)19-9-1-2-10-20(19)30-23(31)34-15-21(32)29-13-11-17-7-3-4-12-28-17/h1-10,12,14H,11,13,15H2,(H,29,32). The lowest BCUT2D eigenvalue weighted by molar-refractivity contribution is -0.137. The van der Waals surface area contributed by atoms with Gasteiger partial charge in [0, 0.05) is 24.9 Å². The highest BCUT2D eigenvalue weighted by Gasteiger charge is 2.31. The lowest BCUT2D eigenvalue weighted by Gasteiger charge is -2.15. The average molecular weight is 485 g/mol. The van der Waals surface area contributed by atoms with Crippen molar-refractivity contribution in [2.24, 2.45) is 0 Å². The van der Waals surface area contributed by atoms with Gasteiger partial charge in [-0.1, -0.05) is 36.0 Å². The van der Waals surface area contributed by atoms with Gasteiger partial charge in [0.15, 0.2) is 5.16 Å². The van der Waals surface area contributed by atoms with Crippen LogP contribution >= 0.6 is 11.8 Å². The Labute approximate surface area is 196 Å². The summed E-state index contributed by atoms with van der Waals surface area (Å²) in [7, 11) is 0. The van der Waals surface area contributed by atoms with E-state index in [9.17, 15) is 22.8 Å². The van der Waals surface area contributed by atoms with E-state index in [2.05, 4.69) is 15.3 Å². The minimum atomic E-state index is -4.56. The summed E-state index contributed by atoms with van der Waals surface area (Å²) in [6, 6.07) is 16.6. The van der Waals surface area contributed by atoms with E-state index in [1.54, 1.807) is 36.5 Å². The van der Waals surface area contributed by atoms with Gasteiger partial charge in [-0.05, 0) is 42.5 Å². The van der Waals surface area contributed by atoms with Crippen LogP contribution in [0.15, 0.2) is 82.9 Å². The molecule has 0 bridgehead atoms. The molecule has 0 atom stereocenters. The monoisotopic (exact) mass is 484 g/mol. The third kappa shape index (κ3) is 5.45. The first-order chi connectivity index (χ1) is 16.3. The van der Waals surface area contributed by atoms with Crippen molar-refractivity contribution in [1.29, 1.82) is 0 Å². The maximum Gasteiger partial charge on any atom is 0.416 e. The zero-order valence-corrected chi connectivity index (χ0v) is 18.6. The van der Waals surface area contributed by atoms with Crippen molar-refractivity contribution in [1.82, 2.24) is 19.9 Å². The number of nitrogens with one attached hydrogen (secondary N) is 1. The number of rotatable bonds is 7. The van der Waals surface area contributed by atoms with Gasteiger partial charge in [-0.25, -0.2) is 4.98 Å². The minimum Gasteiger partial charge on any atom is -0.355 e. The number of hydrogen-bond acceptors (Lipinski definition) is 5. The fourth-order valence-corrected chi connectivity index (χ4v) is 4.16. The van der Waals surface area contributed by atoms with Gasteiger partial charge in [0.2, 0.25) is 5.91 Å². The molecule has 34 heavy (non-hydrogen) atoms. The van der Waals surface area contributed by atoms with Crippen molar-refractivity contribution in [3.63, 3.8) is 0 Å². The Morgan fingerprint density at radius 3 is 2.59 bits per heavy atom. The molecular formula is C24H19F3N4O2S. The molecule has 0 aliphatic carbocycles. The molecule has 0 aliphatic heterocycles. The van der Waals surface area contributed by atoms with Gasteiger partial charge in [0.1, 0.15) is 0 Å². The molecule has 174 valence electrons. The number of benzene rings is 2. The molecule has 0 saturated carbocycles. The first-order valence-electron chi connectivity index (χ1n) is 10.3. The summed E-state index contributed by atoms with van der Waals surface area (Å²) >= 11 is 0.982. The van der Waals surface area contributed by atoms with Gasteiger partial charge < -0.3 is 5.32 Å². The van der Waals surface area contributed by atoms with Crippen LogP contribution in [0.25, 0.3) is 16.6 Å². The lowest BCUT2D eigenvalue weighted by Crippen LogP contribution is -2.28. The Balaban J connectivity index is 1.59. The van der Waals surface area contributed by atoms with Crippen LogP contribution in [0.3, 0.4) is 0 Å². The quantitative estimate of drug-likeness (QED) is 0.314. The van der Waals surface area contributed by atoms with Gasteiger partial charge in [-0.15, -0.1) is 0 Å². The molecule has 2 heterocycles. The van der Waals surface area contributed by atoms with Crippen LogP contribution in [-0.2, 0) is 17.4 Å². The van der Waals surface area contributed by atoms with Gasteiger partial charge in [0.25, 0.3) is 5.56 Å². The predicted molar refractivity (Wildman–Crippen MR) is 124 cm³/mol. The topological polar surface area (TPSA) is 76.9 Å². The number of alkyl halides is 3. The number of hydrogen-bond donors (Lipinski definition) is 1. The van der Waals surface area contributed by atoms with E-state index in [0.717, 1.165) is 34.2 Å². The highest BCUT2D eigenvalue weighted by Crippen LogP contribution is 2.31. The molecule has 6 nitrogen and oxygen atoms in total. The van der Waals surface area contributed by atoms with Crippen LogP contribution < -0.4 is 10.9 Å². The van der Waals surface area contributed by atoms with Gasteiger partial charge >= 0.3 is 6.18 Å². The number of aromatic nitrogens is 3. The molecule has 0 fully saturated rings. The van der Waals surface area contributed by atoms with E-state index in [0.29, 0.717) is 18.5 Å². The van der Waals surface area contributed by atoms with E-state index < -0.39 is 17.3 Å². The van der Waals surface area contributed by atoms with E-state index in [-0.39, 0.29) is 27.9 Å². The molecule has 0 spiro atoms. The van der Waals surface area contributed by atoms with E-state index in [1.165, 1.54) is 12.1 Å². The molecule has 0 radical (unpaired) electrons. The number of para-hydroxylation sites is 1. The summed E-state index contributed by atoms with van der Waals surface area (Å²) in [5.41, 5.74) is -0.133. The fourth-order valence-electron chi connectivity index (χ4n) is 3.32. The highest BCUT2D eigenvalue weighted by molar-refractivity contribution is 7.99. The van der Waals surface area contributed by atoms with E-state index in [1.807, 2.05) is 12.1 Å². The van der Waals surface area contributed by atoms with Crippen molar-refractivity contribution in [3.8, 4) is 5.69 Å². The second-order valence-corrected chi connectivity index (χ2v) is 8.25. The zero-order valence-electron chi connectivity index (χ0n) is 17.7. The molecule has 2 aromatic carbocycles. The molecule has 4 aromatic rings. The summed E-state index contributed by atoms with van der Waals surface area (Å²) < 4.78 is 40.9. The van der Waals surface area contributed by atoms with Crippen LogP contribution in [0.1, 0.15) is 11.3 Å². The van der Waals surface area contributed by atoms with Crippen molar-refractivity contribution in [2.75, 3.05) is 12.3 Å². The molecule has 2 aromatic heterocycles. The highest BCUT2D eigenvalue weighted by atomic mass is 32.2.